The molecule has 0 spiro atoms. The predicted octanol–water partition coefficient (Wildman–Crippen LogP) is 3.53. The first kappa shape index (κ1) is 17.5. The molecule has 0 N–H and O–H groups in total. The summed E-state index contributed by atoms with van der Waals surface area (Å²) < 4.78 is 24.8. The molecule has 3 rings (SSSR count). The van der Waals surface area contributed by atoms with Gasteiger partial charge < -0.3 is 9.47 Å². The molecule has 1 fully saturated rings. The molecule has 2 heterocycles. The second kappa shape index (κ2) is 6.17. The number of hydrogen-bond donors (Lipinski definition) is 0. The van der Waals surface area contributed by atoms with Crippen LogP contribution >= 0.6 is 0 Å². The number of amides is 1. The van der Waals surface area contributed by atoms with Crippen LogP contribution in [0.5, 0.6) is 0 Å². The van der Waals surface area contributed by atoms with Gasteiger partial charge in [0.05, 0.1) is 24.8 Å². The number of fused-ring (bicyclic) bond motifs is 2. The molecule has 1 amide bonds. The predicted molar refractivity (Wildman–Crippen MR) is 90.2 cm³/mol. The number of nitrogens with zero attached hydrogens (tertiary/aromatic N) is 1. The van der Waals surface area contributed by atoms with Gasteiger partial charge in [-0.3, -0.25) is 4.90 Å². The van der Waals surface area contributed by atoms with Gasteiger partial charge in [0.2, 0.25) is 0 Å². The molecule has 0 radical (unpaired) electrons. The van der Waals surface area contributed by atoms with Crippen molar-refractivity contribution in [1.29, 1.82) is 0 Å². The van der Waals surface area contributed by atoms with E-state index >= 15 is 0 Å². The van der Waals surface area contributed by atoms with Crippen LogP contribution in [-0.2, 0) is 14.3 Å². The fourth-order valence-electron chi connectivity index (χ4n) is 3.67. The van der Waals surface area contributed by atoms with E-state index in [1.54, 1.807) is 43.9 Å². The van der Waals surface area contributed by atoms with Gasteiger partial charge in [-0.25, -0.2) is 14.0 Å². The molecule has 2 atom stereocenters. The second-order valence-electron chi connectivity index (χ2n) is 7.30. The van der Waals surface area contributed by atoms with Crippen LogP contribution in [-0.4, -0.2) is 41.8 Å². The number of carbonyl (C=O) groups excluding carboxylic acids is 2. The van der Waals surface area contributed by atoms with E-state index in [0.29, 0.717) is 29.6 Å². The van der Waals surface area contributed by atoms with Crippen molar-refractivity contribution in [2.45, 2.75) is 51.3 Å². The van der Waals surface area contributed by atoms with Gasteiger partial charge in [0.1, 0.15) is 11.4 Å². The standard InChI is InChI=1S/C19H22FNO4/c1-19(2,3)25-18(23)21-13-9-10-14(21)16(17(22)24-4)15(13)11-7-5-6-8-12(11)20/h5-8,13-14H,9-10H2,1-4H3. The van der Waals surface area contributed by atoms with Gasteiger partial charge in [-0.15, -0.1) is 0 Å². The average Bonchev–Trinajstić information content (AvgIpc) is 3.09. The number of hydrogen-bond acceptors (Lipinski definition) is 4. The van der Waals surface area contributed by atoms with Gasteiger partial charge in [-0.2, -0.15) is 0 Å². The van der Waals surface area contributed by atoms with Crippen molar-refractivity contribution in [3.05, 3.63) is 41.2 Å². The molecule has 6 heteroatoms. The van der Waals surface area contributed by atoms with Gasteiger partial charge in [0, 0.05) is 5.56 Å². The molecule has 2 bridgehead atoms. The fourth-order valence-corrected chi connectivity index (χ4v) is 3.67. The van der Waals surface area contributed by atoms with Gasteiger partial charge in [0.15, 0.2) is 0 Å². The van der Waals surface area contributed by atoms with Crippen LogP contribution in [0.3, 0.4) is 0 Å². The molecule has 134 valence electrons. The van der Waals surface area contributed by atoms with Crippen LogP contribution in [0, 0.1) is 5.82 Å². The number of halogens is 1. The molecule has 2 aliphatic rings. The van der Waals surface area contributed by atoms with Crippen molar-refractivity contribution in [3.63, 3.8) is 0 Å². The number of benzene rings is 1. The molecule has 0 saturated carbocycles. The summed E-state index contributed by atoms with van der Waals surface area (Å²) in [7, 11) is 1.29. The summed E-state index contributed by atoms with van der Waals surface area (Å²) >= 11 is 0. The maximum absolute atomic E-state index is 14.4. The number of rotatable bonds is 2. The SMILES string of the molecule is COC(=O)C1=C(c2ccccc2F)C2CCC1N2C(=O)OC(C)(C)C. The molecule has 1 aromatic carbocycles. The molecule has 1 aromatic rings. The lowest BCUT2D eigenvalue weighted by Crippen LogP contribution is -2.41. The first-order valence-electron chi connectivity index (χ1n) is 8.33. The average molecular weight is 347 g/mol. The third-order valence-corrected chi connectivity index (χ3v) is 4.52. The van der Waals surface area contributed by atoms with E-state index in [9.17, 15) is 14.0 Å². The Balaban J connectivity index is 2.05. The maximum Gasteiger partial charge on any atom is 0.411 e. The van der Waals surface area contributed by atoms with Gasteiger partial charge >= 0.3 is 12.1 Å². The van der Waals surface area contributed by atoms with Crippen LogP contribution in [0.1, 0.15) is 39.2 Å². The lowest BCUT2D eigenvalue weighted by molar-refractivity contribution is -0.136. The minimum atomic E-state index is -0.650. The molecule has 1 saturated heterocycles. The first-order valence-corrected chi connectivity index (χ1v) is 8.33. The summed E-state index contributed by atoms with van der Waals surface area (Å²) in [4.78, 5) is 26.6. The maximum atomic E-state index is 14.4. The van der Waals surface area contributed by atoms with Crippen molar-refractivity contribution in [2.75, 3.05) is 7.11 Å². The van der Waals surface area contributed by atoms with Crippen LogP contribution in [0.15, 0.2) is 29.8 Å². The highest BCUT2D eigenvalue weighted by molar-refractivity contribution is 6.03. The molecule has 5 nitrogen and oxygen atoms in total. The quantitative estimate of drug-likeness (QED) is 0.768. The van der Waals surface area contributed by atoms with Crippen molar-refractivity contribution in [3.8, 4) is 0 Å². The zero-order chi connectivity index (χ0) is 18.4. The summed E-state index contributed by atoms with van der Waals surface area (Å²) in [5, 5.41) is 0. The Kier molecular flexibility index (Phi) is 4.31. The Morgan fingerprint density at radius 1 is 1.16 bits per heavy atom. The third-order valence-electron chi connectivity index (χ3n) is 4.52. The highest BCUT2D eigenvalue weighted by atomic mass is 19.1. The molecule has 2 unspecified atom stereocenters. The third kappa shape index (κ3) is 3.01. The molecule has 2 aliphatic heterocycles. The van der Waals surface area contributed by atoms with E-state index < -0.39 is 29.5 Å². The van der Waals surface area contributed by atoms with Gasteiger partial charge in [-0.1, -0.05) is 18.2 Å². The minimum absolute atomic E-state index is 0.337. The van der Waals surface area contributed by atoms with Crippen molar-refractivity contribution >= 4 is 17.6 Å². The van der Waals surface area contributed by atoms with Crippen molar-refractivity contribution < 1.29 is 23.5 Å². The number of carbonyl (C=O) groups is 2. The topological polar surface area (TPSA) is 55.8 Å². The Morgan fingerprint density at radius 2 is 1.80 bits per heavy atom. The lowest BCUT2D eigenvalue weighted by atomic mass is 9.87. The first-order chi connectivity index (χ1) is 11.7. The lowest BCUT2D eigenvalue weighted by Gasteiger charge is -2.28. The molecular weight excluding hydrogens is 325 g/mol. The number of ether oxygens (including phenoxy) is 2. The Hall–Kier alpha value is -2.37. The molecular formula is C19H22FNO4. The van der Waals surface area contributed by atoms with E-state index in [-0.39, 0.29) is 6.04 Å². The highest BCUT2D eigenvalue weighted by Crippen LogP contribution is 2.47. The summed E-state index contributed by atoms with van der Waals surface area (Å²) in [6, 6.07) is 5.45. The van der Waals surface area contributed by atoms with Crippen molar-refractivity contribution in [2.24, 2.45) is 0 Å². The normalized spacial score (nSPS) is 22.4. The minimum Gasteiger partial charge on any atom is -0.466 e. The van der Waals surface area contributed by atoms with E-state index in [2.05, 4.69) is 0 Å². The summed E-state index contributed by atoms with van der Waals surface area (Å²) in [6.45, 7) is 5.36. The van der Waals surface area contributed by atoms with E-state index in [1.165, 1.54) is 13.2 Å². The molecule has 0 aromatic heterocycles. The van der Waals surface area contributed by atoms with E-state index in [4.69, 9.17) is 9.47 Å². The highest BCUT2D eigenvalue weighted by Gasteiger charge is 2.52. The van der Waals surface area contributed by atoms with Gasteiger partial charge in [0.25, 0.3) is 0 Å². The molecule has 0 aliphatic carbocycles. The van der Waals surface area contributed by atoms with Gasteiger partial charge in [-0.05, 0) is 45.3 Å². The largest absolute Gasteiger partial charge is 0.466 e. The van der Waals surface area contributed by atoms with Crippen molar-refractivity contribution in [1.82, 2.24) is 4.90 Å². The monoisotopic (exact) mass is 347 g/mol. The molecule has 25 heavy (non-hydrogen) atoms. The zero-order valence-electron chi connectivity index (χ0n) is 14.8. The smallest absolute Gasteiger partial charge is 0.411 e. The number of esters is 1. The van der Waals surface area contributed by atoms with E-state index in [0.717, 1.165) is 0 Å². The Bertz CT molecular complexity index is 750. The van der Waals surface area contributed by atoms with Crippen LogP contribution in [0.2, 0.25) is 0 Å². The summed E-state index contributed by atoms with van der Waals surface area (Å²) in [6.07, 6.45) is 0.799. The van der Waals surface area contributed by atoms with Crippen LogP contribution in [0.4, 0.5) is 9.18 Å². The zero-order valence-corrected chi connectivity index (χ0v) is 14.8. The van der Waals surface area contributed by atoms with Crippen LogP contribution < -0.4 is 0 Å². The van der Waals surface area contributed by atoms with Crippen LogP contribution in [0.25, 0.3) is 5.57 Å². The summed E-state index contributed by atoms with van der Waals surface area (Å²) in [5.41, 5.74) is 0.577. The fraction of sp³-hybridized carbons (Fsp3) is 0.474. The van der Waals surface area contributed by atoms with E-state index in [1.807, 2.05) is 0 Å². The Labute approximate surface area is 146 Å². The Morgan fingerprint density at radius 3 is 2.40 bits per heavy atom. The summed E-state index contributed by atoms with van der Waals surface area (Å²) in [5.74, 6) is -0.949. The number of methoxy groups -OCH3 is 1. The second-order valence-corrected chi connectivity index (χ2v) is 7.30.